The number of carboxylic acid groups (broad SMARTS) is 2. The average molecular weight is 1490 g/mol. The summed E-state index contributed by atoms with van der Waals surface area (Å²) in [6.45, 7) is 2.77. The Kier molecular flexibility index (Phi) is 30.7. The summed E-state index contributed by atoms with van der Waals surface area (Å²) in [5, 5.41) is 77.9. The van der Waals surface area contributed by atoms with Crippen LogP contribution in [0.15, 0.2) is 125 Å². The number of fused-ring (bicyclic) bond motifs is 1. The fourth-order valence-electron chi connectivity index (χ4n) is 9.99. The van der Waals surface area contributed by atoms with Crippen LogP contribution in [-0.4, -0.2) is 231 Å². The number of amides is 11. The number of nitrogens with zero attached hydrogens (tertiary/aromatic N) is 5. The second-order valence-corrected chi connectivity index (χ2v) is 25.6. The molecule has 4 aromatic carbocycles. The summed E-state index contributed by atoms with van der Waals surface area (Å²) in [4.78, 5) is 188. The number of nitrogens with one attached hydrogen (secondary N) is 14. The Morgan fingerprint density at radius 3 is 1.57 bits per heavy atom. The van der Waals surface area contributed by atoms with E-state index in [0.717, 1.165) is 26.5 Å². The third kappa shape index (κ3) is 25.6. The van der Waals surface area contributed by atoms with Crippen molar-refractivity contribution in [3.63, 3.8) is 0 Å². The van der Waals surface area contributed by atoms with E-state index in [2.05, 4.69) is 94.0 Å². The van der Waals surface area contributed by atoms with E-state index in [9.17, 15) is 95.7 Å². The minimum Gasteiger partial charge on any atom is -0.481 e. The van der Waals surface area contributed by atoms with Crippen molar-refractivity contribution in [3.8, 4) is 0 Å². The molecule has 0 aliphatic carbocycles. The molecule has 10 atom stereocenters. The molecule has 0 aliphatic heterocycles. The van der Waals surface area contributed by atoms with Crippen LogP contribution in [0.4, 0.5) is 22.7 Å². The van der Waals surface area contributed by atoms with Crippen LogP contribution in [0.25, 0.3) is 10.8 Å². The van der Waals surface area contributed by atoms with E-state index >= 15 is 0 Å². The third-order valence-corrected chi connectivity index (χ3v) is 16.6. The van der Waals surface area contributed by atoms with Gasteiger partial charge >= 0.3 is 11.9 Å². The van der Waals surface area contributed by atoms with Crippen molar-refractivity contribution >= 4 is 121 Å². The van der Waals surface area contributed by atoms with E-state index in [-0.39, 0.29) is 53.2 Å². The SMILES string of the molecule is C[C@H](NC(=O)c1ccc(N=Nc2ccc(N(C)C)cc2)cc1)C(=O)NCC(=O)N[C@@H](Cc1c[nH]cn1)C(=O)N[C@@H](CC(=O)O)C(=O)N[C@@H](C)C(=O)N[C@@H](Cc1c[nH]cn1)C(=O)N[C@@H](C)C(=O)N[C@@H](CO)C(=O)N[C@@H](CCC(=O)O)C(=O)N[C@H](C(=O)NCCNc1cccc2c(S(=O)(=O)O)cccc12)[C@@H](C)O. The number of azo groups is 1. The van der Waals surface area contributed by atoms with Gasteiger partial charge in [-0.3, -0.25) is 66.9 Å². The quantitative estimate of drug-likeness (QED) is 0.0108. The Morgan fingerprint density at radius 1 is 0.528 bits per heavy atom. The predicted molar refractivity (Wildman–Crippen MR) is 376 cm³/mol. The van der Waals surface area contributed by atoms with Crippen molar-refractivity contribution in [3.05, 3.63) is 127 Å². The summed E-state index contributed by atoms with van der Waals surface area (Å²) in [5.74, 6) is -14.4. The van der Waals surface area contributed by atoms with Gasteiger partial charge in [0.15, 0.2) is 0 Å². The van der Waals surface area contributed by atoms with E-state index in [1.807, 2.05) is 31.1 Å². The highest BCUT2D eigenvalue weighted by atomic mass is 32.2. The van der Waals surface area contributed by atoms with Crippen LogP contribution in [-0.2, 0) is 80.5 Å². The number of hydrogen-bond acceptors (Lipinski definition) is 23. The Balaban J connectivity index is 1.01. The van der Waals surface area contributed by atoms with Crippen molar-refractivity contribution < 1.29 is 95.7 Å². The van der Waals surface area contributed by atoms with E-state index in [4.69, 9.17) is 0 Å². The molecular formula is C66H83N19O20S. The molecule has 6 aromatic rings. The van der Waals surface area contributed by atoms with Crippen molar-refractivity contribution in [1.29, 1.82) is 0 Å². The lowest BCUT2D eigenvalue weighted by atomic mass is 10.1. The highest BCUT2D eigenvalue weighted by Crippen LogP contribution is 2.29. The molecule has 11 amide bonds. The molecule has 2 heterocycles. The van der Waals surface area contributed by atoms with E-state index < -0.39 is 180 Å². The van der Waals surface area contributed by atoms with Crippen molar-refractivity contribution in [2.75, 3.05) is 50.6 Å². The van der Waals surface area contributed by atoms with Crippen LogP contribution in [0.1, 0.15) is 68.7 Å². The normalized spacial score (nSPS) is 14.1. The first-order valence-electron chi connectivity index (χ1n) is 32.7. The zero-order chi connectivity index (χ0) is 77.9. The number of imidazole rings is 2. The molecule has 106 heavy (non-hydrogen) atoms. The van der Waals surface area contributed by atoms with E-state index in [1.165, 1.54) is 68.4 Å². The van der Waals surface area contributed by atoms with E-state index in [1.54, 1.807) is 36.4 Å². The summed E-state index contributed by atoms with van der Waals surface area (Å²) < 4.78 is 33.6. The molecule has 0 fully saturated rings. The number of hydrogen-bond donors (Lipinski definition) is 19. The van der Waals surface area contributed by atoms with Gasteiger partial charge in [-0.05, 0) is 94.8 Å². The number of benzene rings is 4. The van der Waals surface area contributed by atoms with Gasteiger partial charge in [-0.1, -0.05) is 24.3 Å². The summed E-state index contributed by atoms with van der Waals surface area (Å²) in [6, 6.07) is 7.35. The Labute approximate surface area is 605 Å². The number of carbonyl (C=O) groups is 13. The Hall–Kier alpha value is -12.3. The fraction of sp³-hybridized carbons (Fsp3) is 0.379. The second kappa shape index (κ2) is 39.4. The number of aliphatic hydroxyl groups is 2. The van der Waals surface area contributed by atoms with Gasteiger partial charge in [0, 0.05) is 86.6 Å². The molecule has 2 aromatic heterocycles. The minimum atomic E-state index is -4.58. The molecule has 0 saturated carbocycles. The number of H-pyrrole nitrogens is 2. The first-order valence-corrected chi connectivity index (χ1v) is 34.1. The Morgan fingerprint density at radius 2 is 1.03 bits per heavy atom. The number of carbonyl (C=O) groups excluding carboxylic acids is 11. The van der Waals surface area contributed by atoms with Crippen LogP contribution >= 0.6 is 0 Å². The molecule has 0 aliphatic rings. The van der Waals surface area contributed by atoms with Crippen LogP contribution in [0.5, 0.6) is 0 Å². The summed E-state index contributed by atoms with van der Waals surface area (Å²) in [7, 11) is -0.766. The zero-order valence-corrected chi connectivity index (χ0v) is 58.9. The topological polar surface area (TPSA) is 587 Å². The number of aliphatic carboxylic acids is 2. The number of carboxylic acids is 2. The summed E-state index contributed by atoms with van der Waals surface area (Å²) in [5.41, 5.74) is 3.02. The lowest BCUT2D eigenvalue weighted by Gasteiger charge is -2.26. The lowest BCUT2D eigenvalue weighted by Crippen LogP contribution is -2.61. The average Bonchev–Trinajstić information content (AvgIpc) is 0.940. The van der Waals surface area contributed by atoms with Crippen LogP contribution in [0, 0.1) is 0 Å². The van der Waals surface area contributed by atoms with Gasteiger partial charge in [0.05, 0.1) is 61.1 Å². The monoisotopic (exact) mass is 1490 g/mol. The van der Waals surface area contributed by atoms with Gasteiger partial charge in [-0.25, -0.2) is 9.97 Å². The number of aliphatic hydroxyl groups excluding tert-OH is 2. The highest BCUT2D eigenvalue weighted by molar-refractivity contribution is 7.86. The maximum absolute atomic E-state index is 14.0. The van der Waals surface area contributed by atoms with Crippen molar-refractivity contribution in [2.24, 2.45) is 10.2 Å². The summed E-state index contributed by atoms with van der Waals surface area (Å²) in [6.07, 6.45) is 0.510. The summed E-state index contributed by atoms with van der Waals surface area (Å²) >= 11 is 0. The first kappa shape index (κ1) is 82.7. The van der Waals surface area contributed by atoms with E-state index in [0.29, 0.717) is 22.4 Å². The van der Waals surface area contributed by atoms with Gasteiger partial charge in [0.2, 0.25) is 59.1 Å². The number of aromatic amines is 2. The zero-order valence-electron chi connectivity index (χ0n) is 58.0. The molecule has 19 N–H and O–H groups in total. The fourth-order valence-corrected chi connectivity index (χ4v) is 10.7. The van der Waals surface area contributed by atoms with Gasteiger partial charge in [0.1, 0.15) is 59.3 Å². The van der Waals surface area contributed by atoms with Gasteiger partial charge in [-0.15, -0.1) is 0 Å². The smallest absolute Gasteiger partial charge is 0.305 e. The molecule has 0 spiro atoms. The highest BCUT2D eigenvalue weighted by Gasteiger charge is 2.36. The largest absolute Gasteiger partial charge is 0.481 e. The van der Waals surface area contributed by atoms with Crippen LogP contribution in [0.2, 0.25) is 0 Å². The molecule has 39 nitrogen and oxygen atoms in total. The second-order valence-electron chi connectivity index (χ2n) is 24.2. The van der Waals surface area contributed by atoms with Gasteiger partial charge < -0.3 is 99.1 Å². The predicted octanol–water partition coefficient (Wildman–Crippen LogP) is -2.41. The molecular weight excluding hydrogens is 1410 g/mol. The van der Waals surface area contributed by atoms with Gasteiger partial charge in [0.25, 0.3) is 16.0 Å². The Bertz CT molecular complexity index is 4260. The first-order chi connectivity index (χ1) is 50.2. The number of rotatable bonds is 40. The molecule has 0 unspecified atom stereocenters. The lowest BCUT2D eigenvalue weighted by molar-refractivity contribution is -0.141. The van der Waals surface area contributed by atoms with Crippen molar-refractivity contribution in [2.45, 2.75) is 125 Å². The standard InChI is InChI=1S/C66H83N19O20S/c1-34(74-60(96)38-13-15-39(16-14-38)83-84-40-17-19-43(20-18-40)85(5)6)57(93)71-30-53(88)77-48(25-41-28-67-32-72-41)64(100)80-50(27-55(91)92)63(99)76-35(2)58(94)79-49(26-42-29-68-33-73-42)62(98)75-36(3)59(95)81-51(31-86)65(101)78-47(21-22-54(89)90)61(97)82-56(37(4)87)66(102)70-24-23-69-46-11-7-10-45-44(46)9-8-12-52(45)106(103,104)105/h7-20,28-29,32-37,47-51,56,69,86-87H,21-27,30-31H2,1-6H3,(H,67,72)(H,68,73)(H,70,102)(H,71,93)(H,74,96)(H,75,98)(H,76,99)(H,77,88)(H,78,101)(H,79,94)(H,80,100)(H,81,95)(H,82,97)(H,89,90)(H,91,92)(H,103,104,105)/t34-,35-,36-,37+,47-,48-,49-,50-,51-,56-/m0/s1. The number of anilines is 2. The maximum Gasteiger partial charge on any atom is 0.305 e. The van der Waals surface area contributed by atoms with Crippen LogP contribution in [0.3, 0.4) is 0 Å². The number of aromatic nitrogens is 4. The minimum absolute atomic E-state index is 0.0119. The van der Waals surface area contributed by atoms with Gasteiger partial charge in [-0.2, -0.15) is 18.6 Å². The molecule has 6 rings (SSSR count). The molecule has 568 valence electrons. The van der Waals surface area contributed by atoms with Crippen molar-refractivity contribution in [1.82, 2.24) is 78.4 Å². The molecule has 40 heteroatoms. The maximum atomic E-state index is 14.0. The molecule has 0 saturated heterocycles. The molecule has 0 radical (unpaired) electrons. The molecule has 0 bridgehead atoms. The third-order valence-electron chi connectivity index (χ3n) is 15.7. The van der Waals surface area contributed by atoms with Crippen LogP contribution < -0.4 is 68.7 Å².